The van der Waals surface area contributed by atoms with Crippen LogP contribution in [0, 0.1) is 23.7 Å². The first-order valence-electron chi connectivity index (χ1n) is 21.2. The van der Waals surface area contributed by atoms with E-state index in [0.29, 0.717) is 18.4 Å². The Balaban J connectivity index is 2.75. The Morgan fingerprint density at radius 2 is 1.36 bits per heavy atom. The average molecular weight is 856 g/mol. The van der Waals surface area contributed by atoms with Crippen LogP contribution < -0.4 is 37.2 Å². The Kier molecular flexibility index (Phi) is 19.9. The van der Waals surface area contributed by atoms with Gasteiger partial charge in [-0.15, -0.1) is 0 Å². The monoisotopic (exact) mass is 856 g/mol. The van der Waals surface area contributed by atoms with E-state index >= 15 is 0 Å². The molecule has 1 heterocycles. The second-order valence-corrected chi connectivity index (χ2v) is 17.4. The van der Waals surface area contributed by atoms with Gasteiger partial charge in [0.15, 0.2) is 0 Å². The van der Waals surface area contributed by atoms with Crippen LogP contribution in [-0.2, 0) is 49.5 Å². The van der Waals surface area contributed by atoms with Crippen molar-refractivity contribution in [3.8, 4) is 0 Å². The predicted octanol–water partition coefficient (Wildman–Crippen LogP) is 2.92. The summed E-state index contributed by atoms with van der Waals surface area (Å²) in [7, 11) is 0. The van der Waals surface area contributed by atoms with Crippen molar-refractivity contribution in [1.29, 1.82) is 0 Å². The number of hydrogen-bond donors (Lipinski definition) is 7. The second kappa shape index (κ2) is 23.5. The SMILES string of the molecule is C/C=C1\NC(=O)[C@H](Cc2ccccc2)NC(=O)[C@@H](C(C)C)NC(=O)[C@@H]([C@@H](C)CC)NC(=O)[C@H](NC(=O)[C@H](NC(=O)OC(C)(C)C)[C@@H](C)CC)[C@@H](C)OC(=O)[C@H](C(C)C)NC1=O. The van der Waals surface area contributed by atoms with Crippen molar-refractivity contribution in [3.63, 3.8) is 0 Å². The highest BCUT2D eigenvalue weighted by atomic mass is 16.6. The molecule has 0 spiro atoms. The number of amides is 7. The number of hydrogen-bond acceptors (Lipinski definition) is 10. The van der Waals surface area contributed by atoms with Gasteiger partial charge in [0.2, 0.25) is 29.5 Å². The van der Waals surface area contributed by atoms with E-state index in [1.165, 1.54) is 19.9 Å². The lowest BCUT2D eigenvalue weighted by atomic mass is 9.95. The minimum atomic E-state index is -1.64. The second-order valence-electron chi connectivity index (χ2n) is 17.4. The Labute approximate surface area is 360 Å². The number of benzene rings is 1. The van der Waals surface area contributed by atoms with E-state index in [9.17, 15) is 38.4 Å². The molecule has 1 aliphatic rings. The van der Waals surface area contributed by atoms with Crippen molar-refractivity contribution in [2.75, 3.05) is 0 Å². The van der Waals surface area contributed by atoms with Gasteiger partial charge in [0, 0.05) is 6.42 Å². The number of ether oxygens (including phenoxy) is 2. The molecule has 17 nitrogen and oxygen atoms in total. The molecule has 1 aromatic rings. The molecule has 1 aromatic carbocycles. The number of esters is 1. The lowest BCUT2D eigenvalue weighted by Gasteiger charge is -2.32. The van der Waals surface area contributed by atoms with Crippen molar-refractivity contribution in [2.24, 2.45) is 23.7 Å². The number of carbonyl (C=O) groups is 8. The quantitative estimate of drug-likeness (QED) is 0.127. The molecular formula is C44H69N7O10. The fourth-order valence-electron chi connectivity index (χ4n) is 6.34. The third-order valence-corrected chi connectivity index (χ3v) is 10.5. The lowest BCUT2D eigenvalue weighted by Crippen LogP contribution is -2.63. The summed E-state index contributed by atoms with van der Waals surface area (Å²) in [5, 5.41) is 18.7. The first kappa shape index (κ1) is 51.7. The Morgan fingerprint density at radius 1 is 0.787 bits per heavy atom. The zero-order chi connectivity index (χ0) is 46.4. The van der Waals surface area contributed by atoms with E-state index in [2.05, 4.69) is 37.2 Å². The number of allylic oxidation sites excluding steroid dienone is 1. The zero-order valence-electron chi connectivity index (χ0n) is 38.0. The maximum absolute atomic E-state index is 14.4. The molecule has 9 atom stereocenters. The van der Waals surface area contributed by atoms with Crippen LogP contribution in [0.1, 0.15) is 108 Å². The van der Waals surface area contributed by atoms with Crippen LogP contribution in [0.25, 0.3) is 0 Å². The van der Waals surface area contributed by atoms with Gasteiger partial charge in [0.25, 0.3) is 5.91 Å². The van der Waals surface area contributed by atoms with Gasteiger partial charge in [-0.2, -0.15) is 0 Å². The Bertz CT molecular complexity index is 1740. The molecule has 1 aliphatic heterocycles. The highest BCUT2D eigenvalue weighted by Gasteiger charge is 2.40. The van der Waals surface area contributed by atoms with Gasteiger partial charge in [0.05, 0.1) is 0 Å². The molecular weight excluding hydrogens is 787 g/mol. The Morgan fingerprint density at radius 3 is 1.89 bits per heavy atom. The van der Waals surface area contributed by atoms with Crippen LogP contribution in [0.4, 0.5) is 4.79 Å². The molecule has 0 bridgehead atoms. The van der Waals surface area contributed by atoms with Crippen LogP contribution >= 0.6 is 0 Å². The maximum atomic E-state index is 14.4. The normalized spacial score (nSPS) is 24.9. The summed E-state index contributed by atoms with van der Waals surface area (Å²) in [6.45, 7) is 21.6. The fraction of sp³-hybridized carbons (Fsp3) is 0.636. The van der Waals surface area contributed by atoms with Crippen LogP contribution in [0.2, 0.25) is 0 Å². The van der Waals surface area contributed by atoms with Gasteiger partial charge in [-0.05, 0) is 63.9 Å². The molecule has 61 heavy (non-hydrogen) atoms. The molecule has 17 heteroatoms. The summed E-state index contributed by atoms with van der Waals surface area (Å²) in [5.74, 6) is -7.68. The Hall–Kier alpha value is -5.48. The molecule has 1 saturated heterocycles. The van der Waals surface area contributed by atoms with E-state index in [-0.39, 0.29) is 12.1 Å². The summed E-state index contributed by atoms with van der Waals surface area (Å²) in [6.07, 6.45) is -0.0784. The van der Waals surface area contributed by atoms with Crippen molar-refractivity contribution in [2.45, 2.75) is 157 Å². The van der Waals surface area contributed by atoms with E-state index in [4.69, 9.17) is 9.47 Å². The summed E-state index contributed by atoms with van der Waals surface area (Å²) >= 11 is 0. The van der Waals surface area contributed by atoms with Crippen LogP contribution in [0.15, 0.2) is 42.1 Å². The smallest absolute Gasteiger partial charge is 0.408 e. The standard InChI is InChI=1S/C44H69N7O10/c1-14-25(8)33-39(55)47-31(23(4)5)38(54)46-30(22-28-20-18-17-19-21-28)37(53)45-29(16-3)36(52)48-32(24(6)7)42(58)60-27(10)35(41(57)49-33)50-40(56)34(26(9)15-2)51-43(59)61-44(11,12)13/h16-21,23-27,30-35H,14-15,22H2,1-13H3,(H,45,53)(H,46,54)(H,47,55)(H,48,52)(H,49,57)(H,50,56)(H,51,59)/b29-16-/t25-,26-,27+,30-,31+,32-,33+,34+,35+/m0/s1. The van der Waals surface area contributed by atoms with Crippen molar-refractivity contribution >= 4 is 47.5 Å². The lowest BCUT2D eigenvalue weighted by molar-refractivity contribution is -0.157. The predicted molar refractivity (Wildman–Crippen MR) is 229 cm³/mol. The molecule has 1 fully saturated rings. The van der Waals surface area contributed by atoms with Gasteiger partial charge >= 0.3 is 12.1 Å². The number of nitrogens with one attached hydrogen (secondary N) is 7. The largest absolute Gasteiger partial charge is 0.458 e. The highest BCUT2D eigenvalue weighted by Crippen LogP contribution is 2.17. The minimum Gasteiger partial charge on any atom is -0.458 e. The molecule has 0 radical (unpaired) electrons. The number of carbonyl (C=O) groups excluding carboxylic acids is 8. The van der Waals surface area contributed by atoms with Crippen molar-refractivity contribution in [3.05, 3.63) is 47.7 Å². The molecule has 0 aliphatic carbocycles. The highest BCUT2D eigenvalue weighted by molar-refractivity contribution is 6.02. The molecule has 7 amide bonds. The first-order valence-corrected chi connectivity index (χ1v) is 21.2. The van der Waals surface area contributed by atoms with E-state index in [1.54, 1.807) is 99.6 Å². The topological polar surface area (TPSA) is 239 Å². The van der Waals surface area contributed by atoms with E-state index < -0.39 is 119 Å². The fourth-order valence-corrected chi connectivity index (χ4v) is 6.34. The number of alkyl carbamates (subject to hydrolysis) is 1. The van der Waals surface area contributed by atoms with Gasteiger partial charge in [-0.25, -0.2) is 9.59 Å². The molecule has 340 valence electrons. The summed E-state index contributed by atoms with van der Waals surface area (Å²) < 4.78 is 11.2. The molecule has 7 N–H and O–H groups in total. The molecule has 0 unspecified atom stereocenters. The third-order valence-electron chi connectivity index (χ3n) is 10.5. The molecule has 2 rings (SSSR count). The summed E-state index contributed by atoms with van der Waals surface area (Å²) in [6, 6.07) is 1.08. The summed E-state index contributed by atoms with van der Waals surface area (Å²) in [5.41, 5.74) is -0.396. The van der Waals surface area contributed by atoms with Crippen molar-refractivity contribution < 1.29 is 47.8 Å². The van der Waals surface area contributed by atoms with Crippen LogP contribution in [-0.4, -0.2) is 95.5 Å². The van der Waals surface area contributed by atoms with Crippen LogP contribution in [0.5, 0.6) is 0 Å². The molecule has 0 aromatic heterocycles. The van der Waals surface area contributed by atoms with Gasteiger partial charge in [-0.3, -0.25) is 28.8 Å². The van der Waals surface area contributed by atoms with Gasteiger partial charge < -0.3 is 46.7 Å². The number of rotatable bonds is 11. The zero-order valence-corrected chi connectivity index (χ0v) is 38.0. The van der Waals surface area contributed by atoms with E-state index in [0.717, 1.165) is 0 Å². The molecule has 0 saturated carbocycles. The minimum absolute atomic E-state index is 0.0263. The van der Waals surface area contributed by atoms with Crippen LogP contribution in [0.3, 0.4) is 0 Å². The van der Waals surface area contributed by atoms with Gasteiger partial charge in [0.1, 0.15) is 53.7 Å². The van der Waals surface area contributed by atoms with Crippen molar-refractivity contribution in [1.82, 2.24) is 37.2 Å². The third kappa shape index (κ3) is 15.8. The average Bonchev–Trinajstić information content (AvgIpc) is 3.18. The van der Waals surface area contributed by atoms with Gasteiger partial charge in [-0.1, -0.05) is 105 Å². The first-order chi connectivity index (χ1) is 28.4. The number of cyclic esters (lactones) is 1. The van der Waals surface area contributed by atoms with E-state index in [1.807, 2.05) is 6.92 Å². The summed E-state index contributed by atoms with van der Waals surface area (Å²) in [4.78, 5) is 111. The maximum Gasteiger partial charge on any atom is 0.408 e.